The van der Waals surface area contributed by atoms with Crippen LogP contribution in [-0.2, 0) is 11.0 Å². The van der Waals surface area contributed by atoms with Gasteiger partial charge in [-0.15, -0.1) is 0 Å². The van der Waals surface area contributed by atoms with Crippen LogP contribution in [0, 0.1) is 6.92 Å². The first-order valence-corrected chi connectivity index (χ1v) is 5.39. The van der Waals surface area contributed by atoms with Gasteiger partial charge in [0.15, 0.2) is 0 Å². The lowest BCUT2D eigenvalue weighted by molar-refractivity contribution is -0.137. The molecule has 104 valence electrons. The summed E-state index contributed by atoms with van der Waals surface area (Å²) in [7, 11) is 1.56. The second-order valence-corrected chi connectivity index (χ2v) is 4.03. The van der Waals surface area contributed by atoms with Crippen LogP contribution in [0.5, 0.6) is 0 Å². The Morgan fingerprint density at radius 2 is 2.11 bits per heavy atom. The first kappa shape index (κ1) is 15.0. The van der Waals surface area contributed by atoms with Gasteiger partial charge < -0.3 is 5.32 Å². The van der Waals surface area contributed by atoms with Crippen molar-refractivity contribution >= 4 is 18.3 Å². The van der Waals surface area contributed by atoms with Crippen molar-refractivity contribution in [2.24, 2.45) is 5.10 Å². The lowest BCUT2D eigenvalue weighted by Gasteiger charge is -2.14. The molecule has 0 saturated carbocycles. The largest absolute Gasteiger partial charge is 0.416 e. The molecule has 0 saturated heterocycles. The van der Waals surface area contributed by atoms with E-state index in [1.165, 1.54) is 18.0 Å². The predicted molar refractivity (Wildman–Crippen MR) is 67.0 cm³/mol. The van der Waals surface area contributed by atoms with Gasteiger partial charge >= 0.3 is 6.18 Å². The van der Waals surface area contributed by atoms with Gasteiger partial charge in [0, 0.05) is 19.5 Å². The van der Waals surface area contributed by atoms with E-state index in [1.807, 2.05) is 0 Å². The number of carbonyl (C=O) groups is 1. The van der Waals surface area contributed by atoms with Crippen molar-refractivity contribution in [2.45, 2.75) is 13.1 Å². The van der Waals surface area contributed by atoms with E-state index < -0.39 is 11.7 Å². The van der Waals surface area contributed by atoms with Crippen LogP contribution in [0.25, 0.3) is 0 Å². The highest BCUT2D eigenvalue weighted by molar-refractivity contribution is 5.92. The van der Waals surface area contributed by atoms with E-state index in [-0.39, 0.29) is 12.5 Å². The molecule has 1 aromatic rings. The standard InChI is InChI=1S/C12H14F3N3O/c1-8-6-9(12(13,14)15)4-5-10(8)17-11(19)7-18(3)16-2/h4-6H,2,7H2,1,3H3,(H,17,19). The Bertz CT molecular complexity index is 486. The molecule has 0 atom stereocenters. The Morgan fingerprint density at radius 3 is 2.58 bits per heavy atom. The van der Waals surface area contributed by atoms with E-state index in [9.17, 15) is 18.0 Å². The second kappa shape index (κ2) is 5.73. The van der Waals surface area contributed by atoms with Crippen molar-refractivity contribution in [3.8, 4) is 0 Å². The van der Waals surface area contributed by atoms with E-state index in [0.29, 0.717) is 11.3 Å². The fourth-order valence-corrected chi connectivity index (χ4v) is 1.43. The molecule has 1 amide bonds. The second-order valence-electron chi connectivity index (χ2n) is 4.03. The molecular formula is C12H14F3N3O. The molecule has 7 heteroatoms. The SMILES string of the molecule is C=NN(C)CC(=O)Nc1ccc(C(F)(F)F)cc1C. The van der Waals surface area contributed by atoms with Gasteiger partial charge in [0.2, 0.25) is 5.91 Å². The van der Waals surface area contributed by atoms with Crippen molar-refractivity contribution in [1.82, 2.24) is 5.01 Å². The van der Waals surface area contributed by atoms with Gasteiger partial charge in [-0.3, -0.25) is 9.80 Å². The average molecular weight is 273 g/mol. The van der Waals surface area contributed by atoms with Crippen LogP contribution in [-0.4, -0.2) is 31.2 Å². The van der Waals surface area contributed by atoms with E-state index in [1.54, 1.807) is 7.05 Å². The summed E-state index contributed by atoms with van der Waals surface area (Å²) in [6.45, 7) is 4.72. The number of aryl methyl sites for hydroxylation is 1. The summed E-state index contributed by atoms with van der Waals surface area (Å²) in [5.41, 5.74) is -0.0549. The number of anilines is 1. The van der Waals surface area contributed by atoms with Crippen LogP contribution in [0.3, 0.4) is 0 Å². The summed E-state index contributed by atoms with van der Waals surface area (Å²) >= 11 is 0. The van der Waals surface area contributed by atoms with Gasteiger partial charge in [0.05, 0.1) is 5.56 Å². The van der Waals surface area contributed by atoms with Crippen molar-refractivity contribution < 1.29 is 18.0 Å². The molecule has 0 unspecified atom stereocenters. The molecule has 0 aromatic heterocycles. The van der Waals surface area contributed by atoms with Crippen LogP contribution in [0.4, 0.5) is 18.9 Å². The molecule has 0 heterocycles. The number of nitrogens with one attached hydrogen (secondary N) is 1. The Hall–Kier alpha value is -2.05. The van der Waals surface area contributed by atoms with Gasteiger partial charge in [0.25, 0.3) is 0 Å². The number of alkyl halides is 3. The van der Waals surface area contributed by atoms with Crippen LogP contribution < -0.4 is 5.32 Å². The minimum absolute atomic E-state index is 0.0238. The molecule has 0 bridgehead atoms. The maximum Gasteiger partial charge on any atom is 0.416 e. The molecule has 0 spiro atoms. The van der Waals surface area contributed by atoms with Crippen LogP contribution in [0.1, 0.15) is 11.1 Å². The number of hydrogen-bond acceptors (Lipinski definition) is 3. The van der Waals surface area contributed by atoms with Gasteiger partial charge in [-0.1, -0.05) is 0 Å². The van der Waals surface area contributed by atoms with Gasteiger partial charge in [0.1, 0.15) is 6.54 Å². The van der Waals surface area contributed by atoms with Crippen molar-refractivity contribution in [3.05, 3.63) is 29.3 Å². The zero-order valence-electron chi connectivity index (χ0n) is 10.6. The first-order chi connectivity index (χ1) is 8.74. The van der Waals surface area contributed by atoms with Crippen LogP contribution >= 0.6 is 0 Å². The molecule has 4 nitrogen and oxygen atoms in total. The molecular weight excluding hydrogens is 259 g/mol. The maximum atomic E-state index is 12.5. The lowest BCUT2D eigenvalue weighted by atomic mass is 10.1. The minimum atomic E-state index is -4.39. The third-order valence-corrected chi connectivity index (χ3v) is 2.44. The Morgan fingerprint density at radius 1 is 1.47 bits per heavy atom. The third kappa shape index (κ3) is 4.27. The highest BCUT2D eigenvalue weighted by Gasteiger charge is 2.30. The van der Waals surface area contributed by atoms with E-state index in [4.69, 9.17) is 0 Å². The Labute approximate surface area is 108 Å². The van der Waals surface area contributed by atoms with Crippen LogP contribution in [0.15, 0.2) is 23.3 Å². The molecule has 1 aromatic carbocycles. The molecule has 0 radical (unpaired) electrons. The van der Waals surface area contributed by atoms with Gasteiger partial charge in [-0.25, -0.2) is 0 Å². The molecule has 19 heavy (non-hydrogen) atoms. The summed E-state index contributed by atoms with van der Waals surface area (Å²) in [4.78, 5) is 11.6. The minimum Gasteiger partial charge on any atom is -0.324 e. The fraction of sp³-hybridized carbons (Fsp3) is 0.333. The van der Waals surface area contributed by atoms with Gasteiger partial charge in [-0.05, 0) is 30.7 Å². The number of carbonyl (C=O) groups excluding carboxylic acids is 1. The summed E-state index contributed by atoms with van der Waals surface area (Å²) < 4.78 is 37.4. The van der Waals surface area contributed by atoms with Crippen LogP contribution in [0.2, 0.25) is 0 Å². The molecule has 0 aliphatic heterocycles. The Balaban J connectivity index is 2.81. The number of halogens is 3. The predicted octanol–water partition coefficient (Wildman–Crippen LogP) is 2.50. The van der Waals surface area contributed by atoms with E-state index in [0.717, 1.165) is 12.1 Å². The average Bonchev–Trinajstić information content (AvgIpc) is 2.30. The highest BCUT2D eigenvalue weighted by atomic mass is 19.4. The van der Waals surface area contributed by atoms with E-state index in [2.05, 4.69) is 17.1 Å². The zero-order valence-corrected chi connectivity index (χ0v) is 10.6. The zero-order chi connectivity index (χ0) is 14.6. The number of hydrazone groups is 1. The normalized spacial score (nSPS) is 11.0. The number of nitrogens with zero attached hydrogens (tertiary/aromatic N) is 2. The van der Waals surface area contributed by atoms with Crippen molar-refractivity contribution in [1.29, 1.82) is 0 Å². The lowest BCUT2D eigenvalue weighted by Crippen LogP contribution is -2.26. The molecule has 0 fully saturated rings. The fourth-order valence-electron chi connectivity index (χ4n) is 1.43. The number of benzene rings is 1. The topological polar surface area (TPSA) is 44.7 Å². The highest BCUT2D eigenvalue weighted by Crippen LogP contribution is 2.31. The quantitative estimate of drug-likeness (QED) is 0.676. The number of amides is 1. The van der Waals surface area contributed by atoms with E-state index >= 15 is 0 Å². The summed E-state index contributed by atoms with van der Waals surface area (Å²) in [6, 6.07) is 3.15. The summed E-state index contributed by atoms with van der Waals surface area (Å²) in [5, 5.41) is 7.35. The maximum absolute atomic E-state index is 12.5. The first-order valence-electron chi connectivity index (χ1n) is 5.39. The molecule has 1 N–H and O–H groups in total. The third-order valence-electron chi connectivity index (χ3n) is 2.44. The van der Waals surface area contributed by atoms with Crippen molar-refractivity contribution in [2.75, 3.05) is 18.9 Å². The summed E-state index contributed by atoms with van der Waals surface area (Å²) in [5.74, 6) is -0.377. The number of likely N-dealkylation sites (N-methyl/N-ethyl adjacent to an activating group) is 1. The van der Waals surface area contributed by atoms with Crippen molar-refractivity contribution in [3.63, 3.8) is 0 Å². The Kier molecular flexibility index (Phi) is 4.52. The number of rotatable bonds is 4. The van der Waals surface area contributed by atoms with Gasteiger partial charge in [-0.2, -0.15) is 18.3 Å². The molecule has 0 aliphatic carbocycles. The molecule has 0 aliphatic rings. The number of hydrogen-bond donors (Lipinski definition) is 1. The summed E-state index contributed by atoms with van der Waals surface area (Å²) in [6.07, 6.45) is -4.39. The smallest absolute Gasteiger partial charge is 0.324 e. The molecule has 1 rings (SSSR count). The monoisotopic (exact) mass is 273 g/mol.